The van der Waals surface area contributed by atoms with E-state index in [9.17, 15) is 18.0 Å². The number of nitrogens with two attached hydrogens (primary N) is 1. The Hall–Kier alpha value is -1.93. The lowest BCUT2D eigenvalue weighted by molar-refractivity contribution is -0.143. The van der Waals surface area contributed by atoms with Crippen molar-refractivity contribution in [2.75, 3.05) is 7.11 Å². The molecule has 3 N–H and O–H groups in total. The molecule has 1 aliphatic heterocycles. The summed E-state index contributed by atoms with van der Waals surface area (Å²) in [6.45, 7) is 3.93. The zero-order valence-electron chi connectivity index (χ0n) is 12.7. The van der Waals surface area contributed by atoms with E-state index < -0.39 is 22.0 Å². The largest absolute Gasteiger partial charge is 0.468 e. The number of methoxy groups -OCH3 is 1. The van der Waals surface area contributed by atoms with Crippen LogP contribution >= 0.6 is 0 Å². The first kappa shape index (κ1) is 18.1. The number of esters is 1. The van der Waals surface area contributed by atoms with Gasteiger partial charge in [0.15, 0.2) is 0 Å². The Bertz CT molecular complexity index is 657. The summed E-state index contributed by atoms with van der Waals surface area (Å²) in [5, 5.41) is 0. The van der Waals surface area contributed by atoms with Crippen LogP contribution in [0.1, 0.15) is 30.6 Å². The normalized spacial score (nSPS) is 17.4. The van der Waals surface area contributed by atoms with Crippen molar-refractivity contribution in [1.29, 1.82) is 0 Å². The summed E-state index contributed by atoms with van der Waals surface area (Å²) in [6.07, 6.45) is 0.899. The van der Waals surface area contributed by atoms with Gasteiger partial charge in [-0.25, -0.2) is 13.1 Å². The molecule has 122 valence electrons. The maximum Gasteiger partial charge on any atom is 0.322 e. The lowest BCUT2D eigenvalue weighted by Gasteiger charge is -2.14. The van der Waals surface area contributed by atoms with Crippen molar-refractivity contribution in [3.63, 3.8) is 0 Å². The van der Waals surface area contributed by atoms with Crippen molar-refractivity contribution in [2.24, 2.45) is 11.7 Å². The maximum atomic E-state index is 11.1. The number of nitrogens with one attached hydrogen (secondary N) is 1. The lowest BCUT2D eigenvalue weighted by Crippen LogP contribution is -2.37. The summed E-state index contributed by atoms with van der Waals surface area (Å²) in [7, 11) is -2.20. The summed E-state index contributed by atoms with van der Waals surface area (Å²) in [6, 6.07) is 5.63. The predicted octanol–water partition coefficient (Wildman–Crippen LogP) is 0.652. The molecule has 8 heteroatoms. The van der Waals surface area contributed by atoms with Crippen LogP contribution in [0.5, 0.6) is 0 Å². The summed E-state index contributed by atoms with van der Waals surface area (Å²) >= 11 is 0. The molecule has 0 bridgehead atoms. The third-order valence-corrected chi connectivity index (χ3v) is 4.77. The molecule has 1 amide bonds. The minimum absolute atomic E-state index is 0.0648. The molecule has 2 rings (SSSR count). The first-order chi connectivity index (χ1) is 10.2. The fraction of sp³-hybridized carbons (Fsp3) is 0.429. The van der Waals surface area contributed by atoms with Crippen molar-refractivity contribution in [1.82, 2.24) is 4.72 Å². The highest BCUT2D eigenvalue weighted by molar-refractivity contribution is 7.90. The molecule has 0 spiro atoms. The van der Waals surface area contributed by atoms with Gasteiger partial charge in [-0.1, -0.05) is 32.4 Å². The van der Waals surface area contributed by atoms with Crippen molar-refractivity contribution >= 4 is 21.9 Å². The van der Waals surface area contributed by atoms with Crippen LogP contribution in [0.3, 0.4) is 0 Å². The first-order valence-corrected chi connectivity index (χ1v) is 8.22. The van der Waals surface area contributed by atoms with Crippen LogP contribution in [0.4, 0.5) is 0 Å². The van der Waals surface area contributed by atoms with Crippen LogP contribution in [0, 0.1) is 5.92 Å². The van der Waals surface area contributed by atoms with E-state index >= 15 is 0 Å². The fourth-order valence-electron chi connectivity index (χ4n) is 1.74. The Morgan fingerprint density at radius 3 is 2.45 bits per heavy atom. The molecular weight excluding hydrogens is 308 g/mol. The standard InChI is InChI=1S/C7H5NO3S.C7H15NO2/c9-7-5-3-1-2-4-6(5)12(10,11)8-7;1-4-5(2)6(8)7(9)10-3/h1-4H,(H,8,9);5-6H,4,8H2,1-3H3. The molecule has 0 aliphatic carbocycles. The van der Waals surface area contributed by atoms with Crippen LogP contribution in [0.15, 0.2) is 29.2 Å². The van der Waals surface area contributed by atoms with Crippen LogP contribution in [-0.2, 0) is 19.6 Å². The van der Waals surface area contributed by atoms with Gasteiger partial charge in [0, 0.05) is 0 Å². The van der Waals surface area contributed by atoms with E-state index in [4.69, 9.17) is 5.73 Å². The molecular formula is C14H20N2O5S. The van der Waals surface area contributed by atoms with Crippen molar-refractivity contribution in [2.45, 2.75) is 31.2 Å². The lowest BCUT2D eigenvalue weighted by atomic mass is 10.0. The smallest absolute Gasteiger partial charge is 0.322 e. The number of carbonyl (C=O) groups excluding carboxylic acids is 2. The van der Waals surface area contributed by atoms with Gasteiger partial charge in [-0.05, 0) is 18.1 Å². The molecule has 1 aliphatic rings. The molecule has 2 unspecified atom stereocenters. The number of carbonyl (C=O) groups is 2. The number of rotatable bonds is 3. The van der Waals surface area contributed by atoms with E-state index in [1.54, 1.807) is 12.1 Å². The van der Waals surface area contributed by atoms with Gasteiger partial charge in [-0.2, -0.15) is 0 Å². The Labute approximate surface area is 129 Å². The Balaban J connectivity index is 0.000000225. The second kappa shape index (κ2) is 7.37. The number of hydrogen-bond acceptors (Lipinski definition) is 6. The second-order valence-electron chi connectivity index (χ2n) is 4.87. The van der Waals surface area contributed by atoms with Gasteiger partial charge in [0.1, 0.15) is 10.9 Å². The third-order valence-electron chi connectivity index (χ3n) is 3.38. The van der Waals surface area contributed by atoms with Gasteiger partial charge in [-0.15, -0.1) is 0 Å². The topological polar surface area (TPSA) is 116 Å². The van der Waals surface area contributed by atoms with Crippen molar-refractivity contribution < 1.29 is 22.7 Å². The summed E-state index contributed by atoms with van der Waals surface area (Å²) in [5.74, 6) is -0.674. The van der Waals surface area contributed by atoms with Gasteiger partial charge in [0.25, 0.3) is 15.9 Å². The Kier molecular flexibility index (Phi) is 6.07. The summed E-state index contributed by atoms with van der Waals surface area (Å²) in [4.78, 5) is 21.8. The van der Waals surface area contributed by atoms with Crippen LogP contribution in [0.2, 0.25) is 0 Å². The number of ether oxygens (including phenoxy) is 1. The van der Waals surface area contributed by atoms with Gasteiger partial charge in [0.05, 0.1) is 12.7 Å². The molecule has 0 saturated heterocycles. The molecule has 0 fully saturated rings. The minimum atomic E-state index is -3.55. The van der Waals surface area contributed by atoms with Gasteiger partial charge < -0.3 is 10.5 Å². The van der Waals surface area contributed by atoms with E-state index in [0.717, 1.165) is 6.42 Å². The molecule has 22 heavy (non-hydrogen) atoms. The van der Waals surface area contributed by atoms with E-state index in [1.165, 1.54) is 19.2 Å². The predicted molar refractivity (Wildman–Crippen MR) is 80.5 cm³/mol. The summed E-state index contributed by atoms with van der Waals surface area (Å²) in [5.41, 5.74) is 5.73. The highest BCUT2D eigenvalue weighted by atomic mass is 32.2. The van der Waals surface area contributed by atoms with E-state index in [0.29, 0.717) is 0 Å². The monoisotopic (exact) mass is 328 g/mol. The molecule has 0 saturated carbocycles. The highest BCUT2D eigenvalue weighted by Gasteiger charge is 2.31. The fourth-order valence-corrected chi connectivity index (χ4v) is 2.91. The highest BCUT2D eigenvalue weighted by Crippen LogP contribution is 2.20. The zero-order valence-corrected chi connectivity index (χ0v) is 13.5. The number of amides is 1. The average molecular weight is 328 g/mol. The van der Waals surface area contributed by atoms with E-state index in [1.807, 2.05) is 18.6 Å². The van der Waals surface area contributed by atoms with Crippen LogP contribution < -0.4 is 10.5 Å². The quantitative estimate of drug-likeness (QED) is 0.787. The second-order valence-corrected chi connectivity index (χ2v) is 6.52. The zero-order chi connectivity index (χ0) is 16.9. The molecule has 0 aromatic heterocycles. The Morgan fingerprint density at radius 1 is 1.36 bits per heavy atom. The average Bonchev–Trinajstić information content (AvgIpc) is 2.75. The third kappa shape index (κ3) is 4.05. The molecule has 1 heterocycles. The van der Waals surface area contributed by atoms with Gasteiger partial charge >= 0.3 is 5.97 Å². The minimum Gasteiger partial charge on any atom is -0.468 e. The van der Waals surface area contributed by atoms with Gasteiger partial charge in [0.2, 0.25) is 0 Å². The van der Waals surface area contributed by atoms with E-state index in [2.05, 4.69) is 4.74 Å². The summed E-state index contributed by atoms with van der Waals surface area (Å²) < 4.78 is 28.6. The van der Waals surface area contributed by atoms with Crippen LogP contribution in [-0.4, -0.2) is 33.4 Å². The maximum absolute atomic E-state index is 11.1. The number of hydrogen-bond donors (Lipinski definition) is 2. The molecule has 2 atom stereocenters. The molecule has 1 aromatic carbocycles. The Morgan fingerprint density at radius 2 is 1.95 bits per heavy atom. The number of benzene rings is 1. The van der Waals surface area contributed by atoms with Crippen molar-refractivity contribution in [3.8, 4) is 0 Å². The van der Waals surface area contributed by atoms with Crippen LogP contribution in [0.25, 0.3) is 0 Å². The molecule has 0 radical (unpaired) electrons. The SMILES string of the molecule is CCC(C)C(N)C(=O)OC.O=C1NS(=O)(=O)c2ccccc21. The van der Waals surface area contributed by atoms with Crippen molar-refractivity contribution in [3.05, 3.63) is 29.8 Å². The van der Waals surface area contributed by atoms with E-state index in [-0.39, 0.29) is 22.3 Å². The van der Waals surface area contributed by atoms with Gasteiger partial charge in [-0.3, -0.25) is 9.59 Å². The first-order valence-electron chi connectivity index (χ1n) is 6.74. The molecule has 7 nitrogen and oxygen atoms in total. The number of sulfonamides is 1. The number of fused-ring (bicyclic) bond motifs is 1. The molecule has 1 aromatic rings.